The van der Waals surface area contributed by atoms with Gasteiger partial charge in [0.2, 0.25) is 5.91 Å². The van der Waals surface area contributed by atoms with Gasteiger partial charge in [-0.1, -0.05) is 6.07 Å². The maximum Gasteiger partial charge on any atom is 0.223 e. The zero-order valence-electron chi connectivity index (χ0n) is 11.5. The molecule has 0 saturated heterocycles. The van der Waals surface area contributed by atoms with E-state index in [4.69, 9.17) is 15.2 Å². The van der Waals surface area contributed by atoms with Crippen LogP contribution in [0.15, 0.2) is 24.3 Å². The van der Waals surface area contributed by atoms with Crippen molar-refractivity contribution >= 4 is 11.6 Å². The van der Waals surface area contributed by atoms with E-state index in [9.17, 15) is 4.79 Å². The SMILES string of the molecule is CC(C)OCCNC(=O)CCOc1cccc(N)c1. The highest BCUT2D eigenvalue weighted by molar-refractivity contribution is 5.75. The Labute approximate surface area is 114 Å². The number of nitrogens with one attached hydrogen (secondary N) is 1. The summed E-state index contributed by atoms with van der Waals surface area (Å²) in [6.07, 6.45) is 0.500. The van der Waals surface area contributed by atoms with Gasteiger partial charge in [-0.2, -0.15) is 0 Å². The number of nitrogens with two attached hydrogens (primary N) is 1. The molecule has 0 saturated carbocycles. The topological polar surface area (TPSA) is 73.6 Å². The van der Waals surface area contributed by atoms with E-state index in [1.54, 1.807) is 12.1 Å². The normalized spacial score (nSPS) is 10.5. The van der Waals surface area contributed by atoms with Crippen LogP contribution in [-0.2, 0) is 9.53 Å². The van der Waals surface area contributed by atoms with Gasteiger partial charge < -0.3 is 20.5 Å². The van der Waals surface area contributed by atoms with Gasteiger partial charge in [0, 0.05) is 18.3 Å². The van der Waals surface area contributed by atoms with E-state index in [1.165, 1.54) is 0 Å². The minimum Gasteiger partial charge on any atom is -0.493 e. The third kappa shape index (κ3) is 7.31. The van der Waals surface area contributed by atoms with E-state index in [0.29, 0.717) is 37.6 Å². The Morgan fingerprint density at radius 3 is 2.84 bits per heavy atom. The largest absolute Gasteiger partial charge is 0.493 e. The molecule has 0 spiro atoms. The summed E-state index contributed by atoms with van der Waals surface area (Å²) in [5.74, 6) is 0.632. The number of amides is 1. The molecule has 0 aliphatic heterocycles. The van der Waals surface area contributed by atoms with Crippen LogP contribution in [0.25, 0.3) is 0 Å². The molecule has 0 heterocycles. The summed E-state index contributed by atoms with van der Waals surface area (Å²) in [5, 5.41) is 2.77. The second-order valence-corrected chi connectivity index (χ2v) is 4.44. The summed E-state index contributed by atoms with van der Waals surface area (Å²) in [7, 11) is 0. The molecule has 0 aliphatic rings. The van der Waals surface area contributed by atoms with Crippen LogP contribution in [-0.4, -0.2) is 31.8 Å². The first-order chi connectivity index (χ1) is 9.08. The van der Waals surface area contributed by atoms with Crippen molar-refractivity contribution in [1.82, 2.24) is 5.32 Å². The fourth-order valence-electron chi connectivity index (χ4n) is 1.44. The molecule has 0 unspecified atom stereocenters. The molecular weight excluding hydrogens is 244 g/mol. The quantitative estimate of drug-likeness (QED) is 0.553. The summed E-state index contributed by atoms with van der Waals surface area (Å²) in [6.45, 7) is 5.30. The molecule has 0 aromatic heterocycles. The Balaban J connectivity index is 2.10. The van der Waals surface area contributed by atoms with Crippen LogP contribution >= 0.6 is 0 Å². The van der Waals surface area contributed by atoms with E-state index in [0.717, 1.165) is 0 Å². The average Bonchev–Trinajstić information content (AvgIpc) is 2.34. The van der Waals surface area contributed by atoms with E-state index in [1.807, 2.05) is 26.0 Å². The van der Waals surface area contributed by atoms with Gasteiger partial charge in [0.15, 0.2) is 0 Å². The maximum atomic E-state index is 11.5. The second kappa shape index (κ2) is 8.37. The molecule has 5 nitrogen and oxygen atoms in total. The first kappa shape index (κ1) is 15.3. The Morgan fingerprint density at radius 1 is 1.37 bits per heavy atom. The standard InChI is InChI=1S/C14H22N2O3/c1-11(2)18-9-7-16-14(17)6-8-19-13-5-3-4-12(15)10-13/h3-5,10-11H,6-9,15H2,1-2H3,(H,16,17). The summed E-state index contributed by atoms with van der Waals surface area (Å²) in [5.41, 5.74) is 6.27. The minimum atomic E-state index is -0.0451. The molecule has 0 radical (unpaired) electrons. The summed E-state index contributed by atoms with van der Waals surface area (Å²) in [4.78, 5) is 11.5. The van der Waals surface area contributed by atoms with Crippen LogP contribution in [0.2, 0.25) is 0 Å². The second-order valence-electron chi connectivity index (χ2n) is 4.44. The van der Waals surface area contributed by atoms with Crippen LogP contribution in [0.5, 0.6) is 5.75 Å². The lowest BCUT2D eigenvalue weighted by Gasteiger charge is -2.09. The van der Waals surface area contributed by atoms with Crippen molar-refractivity contribution in [3.8, 4) is 5.75 Å². The molecule has 1 rings (SSSR count). The number of carbonyl (C=O) groups excluding carboxylic acids is 1. The van der Waals surface area contributed by atoms with Gasteiger partial charge in [0.1, 0.15) is 5.75 Å². The fraction of sp³-hybridized carbons (Fsp3) is 0.500. The lowest BCUT2D eigenvalue weighted by molar-refractivity contribution is -0.121. The Kier molecular flexibility index (Phi) is 6.74. The van der Waals surface area contributed by atoms with E-state index >= 15 is 0 Å². The number of anilines is 1. The number of nitrogen functional groups attached to an aromatic ring is 1. The zero-order valence-corrected chi connectivity index (χ0v) is 11.5. The molecule has 106 valence electrons. The van der Waals surface area contributed by atoms with Crippen molar-refractivity contribution in [2.75, 3.05) is 25.5 Å². The van der Waals surface area contributed by atoms with Crippen molar-refractivity contribution in [3.05, 3.63) is 24.3 Å². The predicted molar refractivity (Wildman–Crippen MR) is 75.1 cm³/mol. The smallest absolute Gasteiger partial charge is 0.223 e. The van der Waals surface area contributed by atoms with Crippen LogP contribution in [0.4, 0.5) is 5.69 Å². The molecule has 19 heavy (non-hydrogen) atoms. The van der Waals surface area contributed by atoms with E-state index < -0.39 is 0 Å². The number of hydrogen-bond acceptors (Lipinski definition) is 4. The van der Waals surface area contributed by atoms with Crippen molar-refractivity contribution in [3.63, 3.8) is 0 Å². The molecule has 3 N–H and O–H groups in total. The first-order valence-corrected chi connectivity index (χ1v) is 6.44. The molecule has 1 aromatic rings. The van der Waals surface area contributed by atoms with Crippen LogP contribution in [0, 0.1) is 0 Å². The van der Waals surface area contributed by atoms with E-state index in [-0.39, 0.29) is 12.0 Å². The number of carbonyl (C=O) groups is 1. The fourth-order valence-corrected chi connectivity index (χ4v) is 1.44. The number of benzene rings is 1. The highest BCUT2D eigenvalue weighted by Crippen LogP contribution is 2.14. The molecule has 0 aliphatic carbocycles. The first-order valence-electron chi connectivity index (χ1n) is 6.44. The van der Waals surface area contributed by atoms with Gasteiger partial charge in [-0.3, -0.25) is 4.79 Å². The van der Waals surface area contributed by atoms with Crippen LogP contribution < -0.4 is 15.8 Å². The summed E-state index contributed by atoms with van der Waals surface area (Å²) >= 11 is 0. The molecule has 0 bridgehead atoms. The molecule has 1 aromatic carbocycles. The highest BCUT2D eigenvalue weighted by Gasteiger charge is 2.02. The molecular formula is C14H22N2O3. The van der Waals surface area contributed by atoms with Gasteiger partial charge in [-0.25, -0.2) is 0 Å². The van der Waals surface area contributed by atoms with Crippen molar-refractivity contribution in [2.24, 2.45) is 0 Å². The van der Waals surface area contributed by atoms with Gasteiger partial charge in [-0.05, 0) is 26.0 Å². The Bertz CT molecular complexity index is 394. The monoisotopic (exact) mass is 266 g/mol. The van der Waals surface area contributed by atoms with Gasteiger partial charge in [0.25, 0.3) is 0 Å². The van der Waals surface area contributed by atoms with Gasteiger partial charge in [-0.15, -0.1) is 0 Å². The third-order valence-electron chi connectivity index (χ3n) is 2.33. The third-order valence-corrected chi connectivity index (χ3v) is 2.33. The minimum absolute atomic E-state index is 0.0451. The average molecular weight is 266 g/mol. The molecule has 0 atom stereocenters. The molecule has 5 heteroatoms. The van der Waals surface area contributed by atoms with E-state index in [2.05, 4.69) is 5.32 Å². The number of rotatable bonds is 8. The van der Waals surface area contributed by atoms with Crippen LogP contribution in [0.1, 0.15) is 20.3 Å². The Morgan fingerprint density at radius 2 is 2.16 bits per heavy atom. The van der Waals surface area contributed by atoms with Crippen LogP contribution in [0.3, 0.4) is 0 Å². The maximum absolute atomic E-state index is 11.5. The highest BCUT2D eigenvalue weighted by atomic mass is 16.5. The Hall–Kier alpha value is -1.75. The zero-order chi connectivity index (χ0) is 14.1. The predicted octanol–water partition coefficient (Wildman–Crippen LogP) is 1.58. The number of ether oxygens (including phenoxy) is 2. The van der Waals surface area contributed by atoms with Crippen molar-refractivity contribution < 1.29 is 14.3 Å². The summed E-state index contributed by atoms with van der Waals surface area (Å²) < 4.78 is 10.7. The van der Waals surface area contributed by atoms with Gasteiger partial charge >= 0.3 is 0 Å². The van der Waals surface area contributed by atoms with Gasteiger partial charge in [0.05, 0.1) is 25.7 Å². The lowest BCUT2D eigenvalue weighted by Crippen LogP contribution is -2.29. The number of hydrogen-bond donors (Lipinski definition) is 2. The summed E-state index contributed by atoms with van der Waals surface area (Å²) in [6, 6.07) is 7.14. The lowest BCUT2D eigenvalue weighted by atomic mass is 10.3. The van der Waals surface area contributed by atoms with Crippen molar-refractivity contribution in [1.29, 1.82) is 0 Å². The molecule has 0 fully saturated rings. The van der Waals surface area contributed by atoms with Crippen molar-refractivity contribution in [2.45, 2.75) is 26.4 Å². The molecule has 1 amide bonds.